The maximum Gasteiger partial charge on any atom is 0.142 e. The van der Waals surface area contributed by atoms with Crippen LogP contribution in [0, 0.1) is 0 Å². The third-order valence-corrected chi connectivity index (χ3v) is 3.37. The Balaban J connectivity index is 0.00000162. The van der Waals surface area contributed by atoms with E-state index in [1.165, 1.54) is 5.69 Å². The average Bonchev–Trinajstić information content (AvgIpc) is 2.40. The van der Waals surface area contributed by atoms with Crippen LogP contribution in [0.15, 0.2) is 24.3 Å². The van der Waals surface area contributed by atoms with Gasteiger partial charge in [0.25, 0.3) is 0 Å². The highest BCUT2D eigenvalue weighted by atomic mass is 35.5. The molecule has 0 spiro atoms. The Bertz CT molecular complexity index is 355. The van der Waals surface area contributed by atoms with Gasteiger partial charge >= 0.3 is 0 Å². The van der Waals surface area contributed by atoms with Gasteiger partial charge in [-0.15, -0.1) is 24.0 Å². The quantitative estimate of drug-likeness (QED) is 0.793. The highest BCUT2D eigenvalue weighted by Crippen LogP contribution is 2.28. The van der Waals surface area contributed by atoms with Crippen LogP contribution < -0.4 is 9.64 Å². The standard InChI is InChI=1S/C13H19ClN2O.ClH/c1-17-13-5-3-2-4-12(13)16-10-8-15(7-6-14)9-11-16;/h2-5H,6-11H2,1H3;1H. The Morgan fingerprint density at radius 1 is 1.17 bits per heavy atom. The van der Waals surface area contributed by atoms with Crippen LogP contribution in [0.25, 0.3) is 0 Å². The van der Waals surface area contributed by atoms with Crippen molar-refractivity contribution in [3.8, 4) is 5.75 Å². The molecule has 0 N–H and O–H groups in total. The van der Waals surface area contributed by atoms with E-state index in [4.69, 9.17) is 16.3 Å². The lowest BCUT2D eigenvalue weighted by atomic mass is 10.2. The Kier molecular flexibility index (Phi) is 6.61. The molecule has 0 bridgehead atoms. The van der Waals surface area contributed by atoms with Gasteiger partial charge in [0.1, 0.15) is 5.75 Å². The fourth-order valence-electron chi connectivity index (χ4n) is 2.22. The lowest BCUT2D eigenvalue weighted by Gasteiger charge is -2.36. The molecule has 102 valence electrons. The van der Waals surface area contributed by atoms with Crippen molar-refractivity contribution in [2.24, 2.45) is 0 Å². The molecule has 18 heavy (non-hydrogen) atoms. The number of nitrogens with zero attached hydrogens (tertiary/aromatic N) is 2. The number of piperazine rings is 1. The minimum atomic E-state index is 0. The minimum Gasteiger partial charge on any atom is -0.495 e. The SMILES string of the molecule is COc1ccccc1N1CCN(CCCl)CC1.Cl. The number of halogens is 2. The van der Waals surface area contributed by atoms with E-state index in [0.29, 0.717) is 5.88 Å². The summed E-state index contributed by atoms with van der Waals surface area (Å²) in [6.45, 7) is 5.21. The number of methoxy groups -OCH3 is 1. The summed E-state index contributed by atoms with van der Waals surface area (Å²) >= 11 is 5.76. The van der Waals surface area contributed by atoms with Crippen molar-refractivity contribution in [3.05, 3.63) is 24.3 Å². The monoisotopic (exact) mass is 290 g/mol. The summed E-state index contributed by atoms with van der Waals surface area (Å²) in [5.41, 5.74) is 1.19. The van der Waals surface area contributed by atoms with E-state index in [9.17, 15) is 0 Å². The normalized spacial score (nSPS) is 16.2. The smallest absolute Gasteiger partial charge is 0.142 e. The average molecular weight is 291 g/mol. The molecule has 0 saturated carbocycles. The molecule has 0 radical (unpaired) electrons. The number of ether oxygens (including phenoxy) is 1. The van der Waals surface area contributed by atoms with Crippen LogP contribution in [0.3, 0.4) is 0 Å². The molecule has 0 atom stereocenters. The summed E-state index contributed by atoms with van der Waals surface area (Å²) < 4.78 is 5.40. The molecule has 1 aliphatic heterocycles. The molecular weight excluding hydrogens is 271 g/mol. The largest absolute Gasteiger partial charge is 0.495 e. The van der Waals surface area contributed by atoms with Crippen molar-refractivity contribution < 1.29 is 4.74 Å². The highest BCUT2D eigenvalue weighted by Gasteiger charge is 2.18. The van der Waals surface area contributed by atoms with E-state index in [0.717, 1.165) is 38.5 Å². The number of hydrogen-bond donors (Lipinski definition) is 0. The molecule has 0 aliphatic carbocycles. The molecule has 3 nitrogen and oxygen atoms in total. The summed E-state index contributed by atoms with van der Waals surface area (Å²) in [5.74, 6) is 1.67. The molecule has 1 fully saturated rings. The van der Waals surface area contributed by atoms with E-state index in [1.54, 1.807) is 7.11 Å². The lowest BCUT2D eigenvalue weighted by molar-refractivity contribution is 0.271. The molecule has 2 rings (SSSR count). The molecule has 1 saturated heterocycles. The Labute approximate surface area is 120 Å². The van der Waals surface area contributed by atoms with Crippen molar-refractivity contribution in [1.29, 1.82) is 0 Å². The van der Waals surface area contributed by atoms with E-state index >= 15 is 0 Å². The zero-order valence-electron chi connectivity index (χ0n) is 10.6. The number of rotatable bonds is 4. The van der Waals surface area contributed by atoms with Crippen LogP contribution in [0.4, 0.5) is 5.69 Å². The van der Waals surface area contributed by atoms with Crippen LogP contribution >= 0.6 is 24.0 Å². The van der Waals surface area contributed by atoms with E-state index < -0.39 is 0 Å². The van der Waals surface area contributed by atoms with Gasteiger partial charge in [-0.3, -0.25) is 4.90 Å². The van der Waals surface area contributed by atoms with Crippen molar-refractivity contribution in [2.75, 3.05) is 50.6 Å². The van der Waals surface area contributed by atoms with Gasteiger partial charge in [0.05, 0.1) is 12.8 Å². The minimum absolute atomic E-state index is 0. The van der Waals surface area contributed by atoms with Gasteiger partial charge in [0.15, 0.2) is 0 Å². The predicted molar refractivity (Wildman–Crippen MR) is 79.6 cm³/mol. The molecule has 0 unspecified atom stereocenters. The van der Waals surface area contributed by atoms with Crippen molar-refractivity contribution in [3.63, 3.8) is 0 Å². The zero-order valence-corrected chi connectivity index (χ0v) is 12.2. The van der Waals surface area contributed by atoms with Crippen LogP contribution in [-0.2, 0) is 0 Å². The topological polar surface area (TPSA) is 15.7 Å². The molecule has 1 aromatic carbocycles. The number of para-hydroxylation sites is 2. The zero-order chi connectivity index (χ0) is 12.1. The third kappa shape index (κ3) is 3.67. The van der Waals surface area contributed by atoms with Gasteiger partial charge in [0.2, 0.25) is 0 Å². The number of benzene rings is 1. The van der Waals surface area contributed by atoms with E-state index in [1.807, 2.05) is 12.1 Å². The summed E-state index contributed by atoms with van der Waals surface area (Å²) in [4.78, 5) is 4.78. The summed E-state index contributed by atoms with van der Waals surface area (Å²) in [7, 11) is 1.72. The maximum atomic E-state index is 5.76. The molecule has 1 heterocycles. The Morgan fingerprint density at radius 3 is 2.44 bits per heavy atom. The van der Waals surface area contributed by atoms with E-state index in [-0.39, 0.29) is 12.4 Å². The molecule has 1 aliphatic rings. The fraction of sp³-hybridized carbons (Fsp3) is 0.538. The van der Waals surface area contributed by atoms with Crippen LogP contribution in [0.5, 0.6) is 5.75 Å². The second kappa shape index (κ2) is 7.72. The van der Waals surface area contributed by atoms with Gasteiger partial charge in [0, 0.05) is 38.6 Å². The fourth-order valence-corrected chi connectivity index (χ4v) is 2.46. The summed E-state index contributed by atoms with van der Waals surface area (Å²) in [6.07, 6.45) is 0. The molecule has 1 aromatic rings. The lowest BCUT2D eigenvalue weighted by Crippen LogP contribution is -2.47. The van der Waals surface area contributed by atoms with Crippen LogP contribution in [0.1, 0.15) is 0 Å². The molecular formula is C13H20Cl2N2O. The van der Waals surface area contributed by atoms with Gasteiger partial charge in [-0.05, 0) is 12.1 Å². The highest BCUT2D eigenvalue weighted by molar-refractivity contribution is 6.18. The Hall–Kier alpha value is -0.640. The van der Waals surface area contributed by atoms with Crippen LogP contribution in [-0.4, -0.2) is 50.6 Å². The van der Waals surface area contributed by atoms with Gasteiger partial charge < -0.3 is 9.64 Å². The van der Waals surface area contributed by atoms with Crippen molar-refractivity contribution in [2.45, 2.75) is 0 Å². The first-order valence-electron chi connectivity index (χ1n) is 6.01. The van der Waals surface area contributed by atoms with Crippen molar-refractivity contribution in [1.82, 2.24) is 4.90 Å². The molecule has 0 aromatic heterocycles. The van der Waals surface area contributed by atoms with Gasteiger partial charge in [-0.2, -0.15) is 0 Å². The molecule has 5 heteroatoms. The summed E-state index contributed by atoms with van der Waals surface area (Å²) in [5, 5.41) is 0. The van der Waals surface area contributed by atoms with Crippen LogP contribution in [0.2, 0.25) is 0 Å². The summed E-state index contributed by atoms with van der Waals surface area (Å²) in [6, 6.07) is 8.20. The number of alkyl halides is 1. The van der Waals surface area contributed by atoms with Gasteiger partial charge in [-0.25, -0.2) is 0 Å². The first kappa shape index (κ1) is 15.4. The number of hydrogen-bond acceptors (Lipinski definition) is 3. The predicted octanol–water partition coefficient (Wildman–Crippen LogP) is 2.48. The first-order valence-corrected chi connectivity index (χ1v) is 6.55. The Morgan fingerprint density at radius 2 is 1.83 bits per heavy atom. The maximum absolute atomic E-state index is 5.76. The third-order valence-electron chi connectivity index (χ3n) is 3.20. The molecule has 0 amide bonds. The second-order valence-corrected chi connectivity index (χ2v) is 4.57. The first-order chi connectivity index (χ1) is 8.35. The van der Waals surface area contributed by atoms with Gasteiger partial charge in [-0.1, -0.05) is 12.1 Å². The van der Waals surface area contributed by atoms with Crippen molar-refractivity contribution >= 4 is 29.7 Å². The van der Waals surface area contributed by atoms with E-state index in [2.05, 4.69) is 21.9 Å². The second-order valence-electron chi connectivity index (χ2n) is 4.19. The number of anilines is 1.